The van der Waals surface area contributed by atoms with Gasteiger partial charge in [-0.25, -0.2) is 4.79 Å². The maximum atomic E-state index is 11.4. The van der Waals surface area contributed by atoms with E-state index in [1.165, 1.54) is 0 Å². The normalized spacial score (nSPS) is 10.5. The van der Waals surface area contributed by atoms with Crippen LogP contribution in [0.2, 0.25) is 0 Å². The van der Waals surface area contributed by atoms with Crippen molar-refractivity contribution < 1.29 is 9.90 Å². The van der Waals surface area contributed by atoms with Crippen LogP contribution in [0, 0.1) is 0 Å². The maximum absolute atomic E-state index is 11.4. The zero-order valence-electron chi connectivity index (χ0n) is 11.6. The van der Waals surface area contributed by atoms with E-state index < -0.39 is 5.97 Å². The van der Waals surface area contributed by atoms with Crippen molar-refractivity contribution in [3.8, 4) is 0 Å². The van der Waals surface area contributed by atoms with Crippen molar-refractivity contribution >= 4 is 22.6 Å². The molecular formula is C15H17N3O2. The number of carboxylic acid groups (broad SMARTS) is 1. The zero-order valence-corrected chi connectivity index (χ0v) is 11.6. The van der Waals surface area contributed by atoms with E-state index in [2.05, 4.69) is 16.8 Å². The molecule has 0 amide bonds. The number of aromatic nitrogens is 2. The molecule has 0 saturated heterocycles. The summed E-state index contributed by atoms with van der Waals surface area (Å²) in [5.74, 6) is -1.07. The SMILES string of the molecule is C=C(C)CN(CC)c1c(C(=O)O)nnc2ccccc12. The molecule has 0 atom stereocenters. The van der Waals surface area contributed by atoms with Crippen molar-refractivity contribution in [2.45, 2.75) is 13.8 Å². The predicted octanol–water partition coefficient (Wildman–Crippen LogP) is 2.73. The number of aromatic carboxylic acids is 1. The Kier molecular flexibility index (Phi) is 3.98. The van der Waals surface area contributed by atoms with Crippen molar-refractivity contribution in [1.29, 1.82) is 0 Å². The van der Waals surface area contributed by atoms with Crippen molar-refractivity contribution in [2.24, 2.45) is 0 Å². The molecule has 0 unspecified atom stereocenters. The highest BCUT2D eigenvalue weighted by Gasteiger charge is 2.20. The summed E-state index contributed by atoms with van der Waals surface area (Å²) in [6, 6.07) is 7.42. The molecule has 104 valence electrons. The first-order valence-corrected chi connectivity index (χ1v) is 6.42. The third-order valence-electron chi connectivity index (χ3n) is 3.00. The minimum Gasteiger partial charge on any atom is -0.476 e. The van der Waals surface area contributed by atoms with Gasteiger partial charge in [-0.2, -0.15) is 0 Å². The number of likely N-dealkylation sites (N-methyl/N-ethyl adjacent to an activating group) is 1. The second-order valence-electron chi connectivity index (χ2n) is 4.69. The van der Waals surface area contributed by atoms with Gasteiger partial charge in [-0.3, -0.25) is 0 Å². The highest BCUT2D eigenvalue weighted by Crippen LogP contribution is 2.28. The topological polar surface area (TPSA) is 66.3 Å². The van der Waals surface area contributed by atoms with Crippen LogP contribution in [-0.2, 0) is 0 Å². The number of carboxylic acids is 1. The lowest BCUT2D eigenvalue weighted by molar-refractivity contribution is 0.0690. The number of fused-ring (bicyclic) bond motifs is 1. The molecule has 2 rings (SSSR count). The lowest BCUT2D eigenvalue weighted by atomic mass is 10.1. The van der Waals surface area contributed by atoms with E-state index in [-0.39, 0.29) is 5.69 Å². The number of rotatable bonds is 5. The second-order valence-corrected chi connectivity index (χ2v) is 4.69. The van der Waals surface area contributed by atoms with E-state index in [0.29, 0.717) is 24.3 Å². The molecule has 0 fully saturated rings. The van der Waals surface area contributed by atoms with Crippen molar-refractivity contribution in [3.63, 3.8) is 0 Å². The molecule has 0 aliphatic heterocycles. The average Bonchev–Trinajstić information content (AvgIpc) is 2.43. The van der Waals surface area contributed by atoms with Crippen LogP contribution < -0.4 is 4.90 Å². The van der Waals surface area contributed by atoms with Gasteiger partial charge in [-0.05, 0) is 19.9 Å². The first kappa shape index (κ1) is 14.0. The number of hydrogen-bond acceptors (Lipinski definition) is 4. The molecule has 1 N–H and O–H groups in total. The largest absolute Gasteiger partial charge is 0.476 e. The molecule has 5 heteroatoms. The fourth-order valence-electron chi connectivity index (χ4n) is 2.18. The molecule has 1 aromatic carbocycles. The van der Waals surface area contributed by atoms with Gasteiger partial charge in [-0.15, -0.1) is 10.2 Å². The van der Waals surface area contributed by atoms with Gasteiger partial charge in [0.1, 0.15) is 0 Å². The summed E-state index contributed by atoms with van der Waals surface area (Å²) in [5.41, 5.74) is 2.23. The van der Waals surface area contributed by atoms with Crippen molar-refractivity contribution in [1.82, 2.24) is 10.2 Å². The average molecular weight is 271 g/mol. The lowest BCUT2D eigenvalue weighted by Crippen LogP contribution is -2.27. The maximum Gasteiger partial charge on any atom is 0.358 e. The number of benzene rings is 1. The van der Waals surface area contributed by atoms with E-state index in [9.17, 15) is 9.90 Å². The molecule has 0 spiro atoms. The molecule has 2 aromatic rings. The van der Waals surface area contributed by atoms with Gasteiger partial charge in [0.05, 0.1) is 11.2 Å². The predicted molar refractivity (Wildman–Crippen MR) is 79.2 cm³/mol. The van der Waals surface area contributed by atoms with E-state index >= 15 is 0 Å². The second kappa shape index (κ2) is 5.69. The number of anilines is 1. The minimum atomic E-state index is -1.07. The van der Waals surface area contributed by atoms with Crippen LogP contribution in [0.4, 0.5) is 5.69 Å². The van der Waals surface area contributed by atoms with Crippen LogP contribution >= 0.6 is 0 Å². The summed E-state index contributed by atoms with van der Waals surface area (Å²) in [5, 5.41) is 18.0. The van der Waals surface area contributed by atoms with Gasteiger partial charge in [0.2, 0.25) is 0 Å². The van der Waals surface area contributed by atoms with Gasteiger partial charge in [-0.1, -0.05) is 30.4 Å². The number of nitrogens with zero attached hydrogens (tertiary/aromatic N) is 3. The molecule has 0 aliphatic carbocycles. The monoisotopic (exact) mass is 271 g/mol. The first-order valence-electron chi connectivity index (χ1n) is 6.42. The highest BCUT2D eigenvalue weighted by atomic mass is 16.4. The summed E-state index contributed by atoms with van der Waals surface area (Å²) >= 11 is 0. The fraction of sp³-hybridized carbons (Fsp3) is 0.267. The van der Waals surface area contributed by atoms with E-state index in [4.69, 9.17) is 0 Å². The molecule has 5 nitrogen and oxygen atoms in total. The Balaban J connectivity index is 2.71. The smallest absolute Gasteiger partial charge is 0.358 e. The molecule has 0 radical (unpaired) electrons. The molecule has 1 heterocycles. The van der Waals surface area contributed by atoms with Crippen LogP contribution in [0.25, 0.3) is 10.9 Å². The number of hydrogen-bond donors (Lipinski definition) is 1. The summed E-state index contributed by atoms with van der Waals surface area (Å²) in [6.45, 7) is 9.05. The van der Waals surface area contributed by atoms with Gasteiger partial charge < -0.3 is 10.0 Å². The fourth-order valence-corrected chi connectivity index (χ4v) is 2.18. The summed E-state index contributed by atoms with van der Waals surface area (Å²) in [7, 11) is 0. The van der Waals surface area contributed by atoms with Gasteiger partial charge >= 0.3 is 5.97 Å². The minimum absolute atomic E-state index is 0.0215. The Morgan fingerprint density at radius 3 is 2.65 bits per heavy atom. The van der Waals surface area contributed by atoms with E-state index in [1.54, 1.807) is 0 Å². The van der Waals surface area contributed by atoms with E-state index in [0.717, 1.165) is 11.0 Å². The van der Waals surface area contributed by atoms with Gasteiger partial charge in [0.25, 0.3) is 0 Å². The Labute approximate surface area is 117 Å². The summed E-state index contributed by atoms with van der Waals surface area (Å²) in [6.07, 6.45) is 0. The van der Waals surface area contributed by atoms with Crippen LogP contribution in [0.1, 0.15) is 24.3 Å². The quantitative estimate of drug-likeness (QED) is 0.847. The van der Waals surface area contributed by atoms with Gasteiger partial charge in [0, 0.05) is 18.5 Å². The third-order valence-corrected chi connectivity index (χ3v) is 3.00. The molecule has 1 aromatic heterocycles. The third kappa shape index (κ3) is 2.61. The Hall–Kier alpha value is -2.43. The number of carbonyl (C=O) groups is 1. The highest BCUT2D eigenvalue weighted by molar-refractivity contribution is 6.02. The summed E-state index contributed by atoms with van der Waals surface area (Å²) < 4.78 is 0. The Morgan fingerprint density at radius 1 is 1.35 bits per heavy atom. The Bertz CT molecular complexity index is 667. The molecule has 0 aliphatic rings. The van der Waals surface area contributed by atoms with Crippen molar-refractivity contribution in [2.75, 3.05) is 18.0 Å². The Morgan fingerprint density at radius 2 is 2.05 bits per heavy atom. The van der Waals surface area contributed by atoms with Crippen LogP contribution in [-0.4, -0.2) is 34.4 Å². The first-order chi connectivity index (χ1) is 9.54. The van der Waals surface area contributed by atoms with Gasteiger partial charge in [0.15, 0.2) is 5.69 Å². The molecule has 0 bridgehead atoms. The summed E-state index contributed by atoms with van der Waals surface area (Å²) in [4.78, 5) is 13.4. The van der Waals surface area contributed by atoms with Crippen molar-refractivity contribution in [3.05, 3.63) is 42.1 Å². The molecule has 0 saturated carbocycles. The van der Waals surface area contributed by atoms with Crippen LogP contribution in [0.15, 0.2) is 36.4 Å². The zero-order chi connectivity index (χ0) is 14.7. The van der Waals surface area contributed by atoms with Crippen LogP contribution in [0.3, 0.4) is 0 Å². The molecule has 20 heavy (non-hydrogen) atoms. The standard InChI is InChI=1S/C15H17N3O2/c1-4-18(9-10(2)3)14-11-7-5-6-8-12(11)16-17-13(14)15(19)20/h5-8H,2,4,9H2,1,3H3,(H,19,20). The van der Waals surface area contributed by atoms with Crippen LogP contribution in [0.5, 0.6) is 0 Å². The van der Waals surface area contributed by atoms with E-state index in [1.807, 2.05) is 43.0 Å². The lowest BCUT2D eigenvalue weighted by Gasteiger charge is -2.25. The molecular weight excluding hydrogens is 254 g/mol.